The van der Waals surface area contributed by atoms with Crippen LogP contribution in [0.2, 0.25) is 0 Å². The molecule has 25 heavy (non-hydrogen) atoms. The van der Waals surface area contributed by atoms with Crippen LogP contribution in [0.15, 0.2) is 35.1 Å². The van der Waals surface area contributed by atoms with E-state index in [-0.39, 0.29) is 23.6 Å². The van der Waals surface area contributed by atoms with Crippen LogP contribution in [0.5, 0.6) is 0 Å². The first kappa shape index (κ1) is 16.3. The lowest BCUT2D eigenvalue weighted by molar-refractivity contribution is 0.0313. The number of piperazine rings is 1. The molecule has 1 aromatic carbocycles. The average molecular weight is 341 g/mol. The van der Waals surface area contributed by atoms with Gasteiger partial charge in [0.25, 0.3) is 11.5 Å². The van der Waals surface area contributed by atoms with Crippen LogP contribution in [0.1, 0.15) is 29.8 Å². The molecule has 2 heterocycles. The van der Waals surface area contributed by atoms with E-state index in [2.05, 4.69) is 9.88 Å². The van der Waals surface area contributed by atoms with Gasteiger partial charge in [-0.3, -0.25) is 14.5 Å². The van der Waals surface area contributed by atoms with Gasteiger partial charge in [0, 0.05) is 37.6 Å². The fraction of sp³-hybridized carbons (Fsp3) is 0.474. The third-order valence-corrected chi connectivity index (χ3v) is 5.50. The molecular weight excluding hydrogens is 318 g/mol. The first-order valence-corrected chi connectivity index (χ1v) is 8.97. The minimum Gasteiger partial charge on any atom is -0.391 e. The summed E-state index contributed by atoms with van der Waals surface area (Å²) < 4.78 is 0. The van der Waals surface area contributed by atoms with E-state index in [1.807, 2.05) is 18.2 Å². The molecule has 2 fully saturated rings. The van der Waals surface area contributed by atoms with Gasteiger partial charge in [0.2, 0.25) is 0 Å². The molecule has 1 saturated heterocycles. The van der Waals surface area contributed by atoms with Crippen molar-refractivity contribution in [2.24, 2.45) is 0 Å². The molecule has 0 spiro atoms. The van der Waals surface area contributed by atoms with E-state index in [9.17, 15) is 14.7 Å². The van der Waals surface area contributed by atoms with E-state index in [0.29, 0.717) is 24.2 Å². The quantitative estimate of drug-likeness (QED) is 0.861. The molecule has 6 nitrogen and oxygen atoms in total. The molecule has 2 aromatic rings. The number of hydrogen-bond donors (Lipinski definition) is 2. The van der Waals surface area contributed by atoms with Crippen LogP contribution in [0.4, 0.5) is 0 Å². The molecule has 6 heteroatoms. The first-order valence-electron chi connectivity index (χ1n) is 8.97. The minimum atomic E-state index is -0.237. The normalized spacial score (nSPS) is 24.8. The number of carbonyl (C=O) groups is 1. The predicted molar refractivity (Wildman–Crippen MR) is 95.7 cm³/mol. The summed E-state index contributed by atoms with van der Waals surface area (Å²) in [6, 6.07) is 9.27. The number of aromatic nitrogens is 1. The smallest absolute Gasteiger partial charge is 0.270 e. The summed E-state index contributed by atoms with van der Waals surface area (Å²) in [6.45, 7) is 2.78. The van der Waals surface area contributed by atoms with Crippen molar-refractivity contribution in [2.75, 3.05) is 26.2 Å². The number of aliphatic hydroxyl groups excluding tert-OH is 1. The van der Waals surface area contributed by atoms with Crippen molar-refractivity contribution in [1.29, 1.82) is 0 Å². The fourth-order valence-electron chi connectivity index (χ4n) is 4.10. The Bertz CT molecular complexity index is 839. The van der Waals surface area contributed by atoms with Crippen LogP contribution < -0.4 is 5.56 Å². The predicted octanol–water partition coefficient (Wildman–Crippen LogP) is 1.20. The van der Waals surface area contributed by atoms with Gasteiger partial charge in [-0.05, 0) is 36.8 Å². The molecule has 132 valence electrons. The summed E-state index contributed by atoms with van der Waals surface area (Å²) >= 11 is 0. The Morgan fingerprint density at radius 2 is 1.88 bits per heavy atom. The Hall–Kier alpha value is -2.18. The highest BCUT2D eigenvalue weighted by molar-refractivity contribution is 5.96. The number of amides is 1. The van der Waals surface area contributed by atoms with Gasteiger partial charge >= 0.3 is 0 Å². The summed E-state index contributed by atoms with van der Waals surface area (Å²) in [4.78, 5) is 31.8. The number of benzene rings is 1. The third kappa shape index (κ3) is 3.07. The molecule has 0 bridgehead atoms. The highest BCUT2D eigenvalue weighted by atomic mass is 16.3. The van der Waals surface area contributed by atoms with Crippen LogP contribution in [0, 0.1) is 0 Å². The van der Waals surface area contributed by atoms with Crippen molar-refractivity contribution >= 4 is 16.7 Å². The summed E-state index contributed by atoms with van der Waals surface area (Å²) in [5, 5.41) is 11.4. The molecule has 2 atom stereocenters. The molecule has 1 saturated carbocycles. The maximum atomic E-state index is 12.8. The van der Waals surface area contributed by atoms with Crippen LogP contribution >= 0.6 is 0 Å². The summed E-state index contributed by atoms with van der Waals surface area (Å²) in [5.74, 6) is -0.130. The van der Waals surface area contributed by atoms with E-state index in [1.165, 1.54) is 0 Å². The number of hydrogen-bond acceptors (Lipinski definition) is 4. The van der Waals surface area contributed by atoms with Gasteiger partial charge in [-0.2, -0.15) is 0 Å². The third-order valence-electron chi connectivity index (χ3n) is 5.50. The number of carbonyl (C=O) groups excluding carboxylic acids is 1. The molecule has 0 radical (unpaired) electrons. The zero-order valence-electron chi connectivity index (χ0n) is 14.1. The van der Waals surface area contributed by atoms with Crippen molar-refractivity contribution in [2.45, 2.75) is 31.4 Å². The number of aromatic amines is 1. The minimum absolute atomic E-state index is 0.130. The molecule has 1 aromatic heterocycles. The number of nitrogens with one attached hydrogen (secondary N) is 1. The second-order valence-electron chi connectivity index (χ2n) is 6.99. The van der Waals surface area contributed by atoms with Gasteiger partial charge < -0.3 is 15.0 Å². The van der Waals surface area contributed by atoms with Crippen molar-refractivity contribution in [1.82, 2.24) is 14.8 Å². The molecule has 2 N–H and O–H groups in total. The lowest BCUT2D eigenvalue weighted by Crippen LogP contribution is -2.53. The van der Waals surface area contributed by atoms with Gasteiger partial charge in [-0.15, -0.1) is 0 Å². The Labute approximate surface area is 146 Å². The lowest BCUT2D eigenvalue weighted by Gasteiger charge is -2.39. The van der Waals surface area contributed by atoms with Gasteiger partial charge in [-0.1, -0.05) is 18.2 Å². The molecule has 1 amide bonds. The number of rotatable bonds is 2. The second kappa shape index (κ2) is 6.61. The highest BCUT2D eigenvalue weighted by Crippen LogP contribution is 2.25. The number of pyridine rings is 1. The Morgan fingerprint density at radius 1 is 1.12 bits per heavy atom. The Kier molecular flexibility index (Phi) is 4.31. The van der Waals surface area contributed by atoms with E-state index < -0.39 is 0 Å². The van der Waals surface area contributed by atoms with Crippen LogP contribution in [0.25, 0.3) is 10.8 Å². The lowest BCUT2D eigenvalue weighted by atomic mass is 10.1. The molecular formula is C19H23N3O3. The maximum Gasteiger partial charge on any atom is 0.270 e. The number of fused-ring (bicyclic) bond motifs is 1. The van der Waals surface area contributed by atoms with Crippen molar-refractivity contribution in [3.63, 3.8) is 0 Å². The topological polar surface area (TPSA) is 76.6 Å². The Morgan fingerprint density at radius 3 is 2.60 bits per heavy atom. The number of nitrogens with zero attached hydrogens (tertiary/aromatic N) is 2. The van der Waals surface area contributed by atoms with E-state index in [1.54, 1.807) is 17.0 Å². The van der Waals surface area contributed by atoms with Crippen molar-refractivity contribution in [3.8, 4) is 0 Å². The van der Waals surface area contributed by atoms with Gasteiger partial charge in [-0.25, -0.2) is 0 Å². The van der Waals surface area contributed by atoms with E-state index in [0.717, 1.165) is 37.7 Å². The van der Waals surface area contributed by atoms with Gasteiger partial charge in [0.1, 0.15) is 5.69 Å². The molecule has 1 aliphatic heterocycles. The molecule has 0 unspecified atom stereocenters. The molecule has 2 aliphatic rings. The van der Waals surface area contributed by atoms with E-state index in [4.69, 9.17) is 0 Å². The highest BCUT2D eigenvalue weighted by Gasteiger charge is 2.33. The van der Waals surface area contributed by atoms with Crippen LogP contribution in [-0.4, -0.2) is 64.1 Å². The molecule has 1 aliphatic carbocycles. The van der Waals surface area contributed by atoms with E-state index >= 15 is 0 Å². The maximum absolute atomic E-state index is 12.8. The number of aliphatic hydroxyl groups is 1. The molecule has 4 rings (SSSR count). The fourth-order valence-corrected chi connectivity index (χ4v) is 4.10. The SMILES string of the molecule is O=C(c1cc2ccccc2c(=O)[nH]1)N1CCN([C@H]2CCC[C@@H]2O)CC1. The zero-order chi connectivity index (χ0) is 17.4. The monoisotopic (exact) mass is 341 g/mol. The zero-order valence-corrected chi connectivity index (χ0v) is 14.1. The largest absolute Gasteiger partial charge is 0.391 e. The van der Waals surface area contributed by atoms with Gasteiger partial charge in [0.15, 0.2) is 0 Å². The van der Waals surface area contributed by atoms with Crippen molar-refractivity contribution in [3.05, 3.63) is 46.4 Å². The summed E-state index contributed by atoms with van der Waals surface area (Å²) in [7, 11) is 0. The number of H-pyrrole nitrogens is 1. The Balaban J connectivity index is 1.48. The van der Waals surface area contributed by atoms with Crippen molar-refractivity contribution < 1.29 is 9.90 Å². The standard InChI is InChI=1S/C19H23N3O3/c23-17-7-3-6-16(17)21-8-10-22(11-9-21)19(25)15-12-13-4-1-2-5-14(13)18(24)20-15/h1-2,4-5,12,16-17,23H,3,6-11H2,(H,20,24)/t16-,17-/m0/s1. The van der Waals surface area contributed by atoms with Crippen LogP contribution in [0.3, 0.4) is 0 Å². The second-order valence-corrected chi connectivity index (χ2v) is 6.99. The average Bonchev–Trinajstić information content (AvgIpc) is 3.07. The van der Waals surface area contributed by atoms with Gasteiger partial charge in [0.05, 0.1) is 6.10 Å². The van der Waals surface area contributed by atoms with Crippen LogP contribution in [-0.2, 0) is 0 Å². The first-order chi connectivity index (χ1) is 12.1. The summed E-state index contributed by atoms with van der Waals surface area (Å²) in [6.07, 6.45) is 2.75. The summed E-state index contributed by atoms with van der Waals surface area (Å²) in [5.41, 5.74) is 0.118.